The number of alkyl halides is 2. The summed E-state index contributed by atoms with van der Waals surface area (Å²) in [6.45, 7) is 5.32. The lowest BCUT2D eigenvalue weighted by molar-refractivity contribution is -0.0771. The minimum atomic E-state index is -2.88. The summed E-state index contributed by atoms with van der Waals surface area (Å²) in [5.74, 6) is -3.97. The van der Waals surface area contributed by atoms with Crippen molar-refractivity contribution in [2.24, 2.45) is 5.73 Å². The van der Waals surface area contributed by atoms with E-state index in [0.717, 1.165) is 0 Å². The molecule has 0 spiro atoms. The quantitative estimate of drug-likeness (QED) is 0.907. The first-order valence-corrected chi connectivity index (χ1v) is 7.63. The van der Waals surface area contributed by atoms with Gasteiger partial charge in [0.05, 0.1) is 11.6 Å². The molecule has 7 heteroatoms. The van der Waals surface area contributed by atoms with Crippen LogP contribution in [0.1, 0.15) is 44.4 Å². The fraction of sp³-hybridized carbons (Fsp3) is 0.625. The summed E-state index contributed by atoms with van der Waals surface area (Å²) < 4.78 is 34.0. The molecule has 2 heterocycles. The molecule has 0 unspecified atom stereocenters. The Hall–Kier alpha value is -1.76. The molecule has 1 atom stereocenters. The van der Waals surface area contributed by atoms with Gasteiger partial charge in [0.1, 0.15) is 5.60 Å². The van der Waals surface area contributed by atoms with E-state index in [1.54, 1.807) is 32.9 Å². The molecule has 1 fully saturated rings. The minimum absolute atomic E-state index is 0.0206. The Labute approximate surface area is 134 Å². The zero-order valence-electron chi connectivity index (χ0n) is 13.7. The minimum Gasteiger partial charge on any atom is -0.444 e. The molecule has 0 aliphatic carbocycles. The highest BCUT2D eigenvalue weighted by Gasteiger charge is 2.46. The number of nitrogens with two attached hydrogens (primary N) is 1. The number of nitrogens with zero attached hydrogens (tertiary/aromatic N) is 2. The molecule has 1 aliphatic rings. The Balaban J connectivity index is 2.20. The van der Waals surface area contributed by atoms with Crippen LogP contribution in [0.5, 0.6) is 0 Å². The molecule has 1 amide bonds. The van der Waals surface area contributed by atoms with Crippen molar-refractivity contribution < 1.29 is 18.3 Å². The summed E-state index contributed by atoms with van der Waals surface area (Å²) in [7, 11) is 0. The van der Waals surface area contributed by atoms with Crippen molar-refractivity contribution in [2.45, 2.75) is 51.2 Å². The summed E-state index contributed by atoms with van der Waals surface area (Å²) >= 11 is 0. The van der Waals surface area contributed by atoms with Crippen LogP contribution in [-0.4, -0.2) is 40.6 Å². The summed E-state index contributed by atoms with van der Waals surface area (Å²) in [5, 5.41) is 0. The molecule has 0 aromatic carbocycles. The number of rotatable bonds is 2. The fourth-order valence-corrected chi connectivity index (χ4v) is 2.57. The molecule has 1 saturated heterocycles. The second-order valence-electron chi connectivity index (χ2n) is 6.77. The maximum Gasteiger partial charge on any atom is 0.410 e. The average molecular weight is 327 g/mol. The van der Waals surface area contributed by atoms with Crippen molar-refractivity contribution >= 4 is 6.09 Å². The maximum absolute atomic E-state index is 14.3. The van der Waals surface area contributed by atoms with Crippen molar-refractivity contribution in [3.63, 3.8) is 0 Å². The van der Waals surface area contributed by atoms with Crippen LogP contribution in [-0.2, 0) is 11.3 Å². The number of aromatic nitrogens is 1. The first-order chi connectivity index (χ1) is 10.6. The van der Waals surface area contributed by atoms with E-state index in [1.165, 1.54) is 11.1 Å². The van der Waals surface area contributed by atoms with Gasteiger partial charge in [-0.1, -0.05) is 0 Å². The lowest BCUT2D eigenvalue weighted by atomic mass is 9.87. The summed E-state index contributed by atoms with van der Waals surface area (Å²) in [5.41, 5.74) is 5.86. The molecule has 1 aliphatic heterocycles. The smallest absolute Gasteiger partial charge is 0.410 e. The van der Waals surface area contributed by atoms with Crippen LogP contribution >= 0.6 is 0 Å². The van der Waals surface area contributed by atoms with E-state index < -0.39 is 30.0 Å². The second-order valence-corrected chi connectivity index (χ2v) is 6.77. The molecule has 5 nitrogen and oxygen atoms in total. The van der Waals surface area contributed by atoms with Gasteiger partial charge >= 0.3 is 6.09 Å². The van der Waals surface area contributed by atoms with E-state index in [2.05, 4.69) is 4.98 Å². The average Bonchev–Trinajstić information content (AvgIpc) is 2.45. The Kier molecular flexibility index (Phi) is 4.89. The van der Waals surface area contributed by atoms with Crippen LogP contribution in [0, 0.1) is 0 Å². The molecule has 0 bridgehead atoms. The zero-order chi connectivity index (χ0) is 17.3. The fourth-order valence-electron chi connectivity index (χ4n) is 2.57. The number of piperidine rings is 1. The van der Waals surface area contributed by atoms with Crippen molar-refractivity contribution in [3.05, 3.63) is 29.6 Å². The van der Waals surface area contributed by atoms with Gasteiger partial charge in [0.2, 0.25) is 0 Å². The van der Waals surface area contributed by atoms with Gasteiger partial charge in [-0.25, -0.2) is 13.6 Å². The Bertz CT molecular complexity index is 573. The predicted molar refractivity (Wildman–Crippen MR) is 82.2 cm³/mol. The lowest BCUT2D eigenvalue weighted by Gasteiger charge is -2.39. The Morgan fingerprint density at radius 2 is 2.22 bits per heavy atom. The highest BCUT2D eigenvalue weighted by Crippen LogP contribution is 2.40. The molecule has 2 rings (SSSR count). The highest BCUT2D eigenvalue weighted by molar-refractivity contribution is 5.68. The Morgan fingerprint density at radius 3 is 2.83 bits per heavy atom. The van der Waals surface area contributed by atoms with Gasteiger partial charge in [-0.05, 0) is 38.5 Å². The number of amides is 1. The standard InChI is InChI=1S/C16H23F2N3O2/c1-15(2,3)23-14(22)21-7-5-16(17,18)13(10-21)11-4-6-20-12(8-11)9-19/h4,6,8,13H,5,7,9-10,19H2,1-3H3/t13-/m1/s1. The van der Waals surface area contributed by atoms with E-state index >= 15 is 0 Å². The Morgan fingerprint density at radius 1 is 1.52 bits per heavy atom. The van der Waals surface area contributed by atoms with Crippen LogP contribution in [0.3, 0.4) is 0 Å². The van der Waals surface area contributed by atoms with Gasteiger partial charge in [0.25, 0.3) is 5.92 Å². The number of likely N-dealkylation sites (tertiary alicyclic amines) is 1. The lowest BCUT2D eigenvalue weighted by Crippen LogP contribution is -2.49. The largest absolute Gasteiger partial charge is 0.444 e. The maximum atomic E-state index is 14.3. The molecule has 128 valence electrons. The SMILES string of the molecule is CC(C)(C)OC(=O)N1CCC(F)(F)[C@@H](c2ccnc(CN)c2)C1. The van der Waals surface area contributed by atoms with Gasteiger partial charge in [-0.3, -0.25) is 4.98 Å². The number of ether oxygens (including phenoxy) is 1. The number of halogens is 2. The van der Waals surface area contributed by atoms with Crippen LogP contribution in [0.2, 0.25) is 0 Å². The van der Waals surface area contributed by atoms with E-state index in [4.69, 9.17) is 10.5 Å². The van der Waals surface area contributed by atoms with Gasteiger partial charge < -0.3 is 15.4 Å². The third kappa shape index (κ3) is 4.37. The summed E-state index contributed by atoms with van der Waals surface area (Å²) in [6.07, 6.45) is 0.517. The predicted octanol–water partition coefficient (Wildman–Crippen LogP) is 2.90. The first kappa shape index (κ1) is 17.6. The van der Waals surface area contributed by atoms with E-state index in [9.17, 15) is 13.6 Å². The van der Waals surface area contributed by atoms with Crippen molar-refractivity contribution in [2.75, 3.05) is 13.1 Å². The monoisotopic (exact) mass is 327 g/mol. The van der Waals surface area contributed by atoms with Gasteiger partial charge in [-0.2, -0.15) is 0 Å². The van der Waals surface area contributed by atoms with E-state index in [-0.39, 0.29) is 19.6 Å². The molecule has 2 N–H and O–H groups in total. The van der Waals surface area contributed by atoms with Crippen LogP contribution in [0.15, 0.2) is 18.3 Å². The van der Waals surface area contributed by atoms with Crippen molar-refractivity contribution in [1.29, 1.82) is 0 Å². The van der Waals surface area contributed by atoms with Crippen LogP contribution in [0.25, 0.3) is 0 Å². The third-order valence-electron chi connectivity index (χ3n) is 3.73. The first-order valence-electron chi connectivity index (χ1n) is 7.63. The number of pyridine rings is 1. The van der Waals surface area contributed by atoms with Crippen molar-refractivity contribution in [1.82, 2.24) is 9.88 Å². The van der Waals surface area contributed by atoms with Crippen LogP contribution < -0.4 is 5.73 Å². The van der Waals surface area contributed by atoms with Gasteiger partial charge in [0.15, 0.2) is 0 Å². The molecule has 1 aromatic heterocycles. The van der Waals surface area contributed by atoms with Crippen molar-refractivity contribution in [3.8, 4) is 0 Å². The molecule has 0 saturated carbocycles. The number of carbonyl (C=O) groups excluding carboxylic acids is 1. The number of hydrogen-bond donors (Lipinski definition) is 1. The highest BCUT2D eigenvalue weighted by atomic mass is 19.3. The van der Waals surface area contributed by atoms with Gasteiger partial charge in [0, 0.05) is 32.3 Å². The topological polar surface area (TPSA) is 68.5 Å². The van der Waals surface area contributed by atoms with Crippen LogP contribution in [0.4, 0.5) is 13.6 Å². The molecule has 1 aromatic rings. The molecule has 23 heavy (non-hydrogen) atoms. The second kappa shape index (κ2) is 6.39. The normalized spacial score (nSPS) is 21.1. The number of hydrogen-bond acceptors (Lipinski definition) is 4. The molecular weight excluding hydrogens is 304 g/mol. The van der Waals surface area contributed by atoms with E-state index in [1.807, 2.05) is 0 Å². The summed E-state index contributed by atoms with van der Waals surface area (Å²) in [6, 6.07) is 3.13. The zero-order valence-corrected chi connectivity index (χ0v) is 13.7. The van der Waals surface area contributed by atoms with Gasteiger partial charge in [-0.15, -0.1) is 0 Å². The number of carbonyl (C=O) groups is 1. The molecular formula is C16H23F2N3O2. The summed E-state index contributed by atoms with van der Waals surface area (Å²) in [4.78, 5) is 17.5. The van der Waals surface area contributed by atoms with E-state index in [0.29, 0.717) is 11.3 Å². The molecule has 0 radical (unpaired) electrons. The third-order valence-corrected chi connectivity index (χ3v) is 3.73.